The number of benzene rings is 2. The summed E-state index contributed by atoms with van der Waals surface area (Å²) >= 11 is 7.86. The highest BCUT2D eigenvalue weighted by molar-refractivity contribution is 7.13. The number of halogens is 1. The minimum Gasteiger partial charge on any atom is -0.489 e. The van der Waals surface area contributed by atoms with Gasteiger partial charge in [0.25, 0.3) is 5.91 Å². The van der Waals surface area contributed by atoms with Gasteiger partial charge in [-0.05, 0) is 86.8 Å². The van der Waals surface area contributed by atoms with Crippen molar-refractivity contribution in [1.29, 1.82) is 5.26 Å². The van der Waals surface area contributed by atoms with Crippen LogP contribution in [0.4, 0.5) is 0 Å². The molecule has 3 aliphatic heterocycles. The molecule has 15 nitrogen and oxygen atoms in total. The number of amides is 4. The Labute approximate surface area is 439 Å². The summed E-state index contributed by atoms with van der Waals surface area (Å²) in [7, 11) is 0. The number of hydrogen-bond acceptors (Lipinski definition) is 12. The lowest BCUT2D eigenvalue weighted by molar-refractivity contribution is -0.164. The second-order valence-corrected chi connectivity index (χ2v) is 24.2. The number of aliphatic hydroxyl groups is 1. The van der Waals surface area contributed by atoms with Gasteiger partial charge >= 0.3 is 0 Å². The number of thiazole rings is 1. The van der Waals surface area contributed by atoms with Gasteiger partial charge in [-0.2, -0.15) is 5.26 Å². The Morgan fingerprint density at radius 3 is 2.29 bits per heavy atom. The van der Waals surface area contributed by atoms with Crippen LogP contribution in [-0.4, -0.2) is 117 Å². The average Bonchev–Trinajstić information content (AvgIpc) is 4.03. The Bertz CT molecular complexity index is 2670. The van der Waals surface area contributed by atoms with Crippen molar-refractivity contribution in [3.8, 4) is 22.3 Å². The first-order valence-electron chi connectivity index (χ1n) is 25.8. The van der Waals surface area contributed by atoms with Gasteiger partial charge in [0.05, 0.1) is 50.4 Å². The Hall–Kier alpha value is -5.44. The molecule has 4 fully saturated rings. The third-order valence-corrected chi connectivity index (χ3v) is 17.1. The minimum atomic E-state index is -0.950. The Balaban J connectivity index is 0.877. The number of fused-ring (bicyclic) bond motifs is 2. The third-order valence-electron chi connectivity index (χ3n) is 15.8. The molecule has 3 saturated heterocycles. The maximum atomic E-state index is 14.8. The zero-order valence-corrected chi connectivity index (χ0v) is 45.2. The number of piperazine rings is 1. The molecular formula is C56H72ClN9O6S. The van der Waals surface area contributed by atoms with Crippen molar-refractivity contribution in [2.75, 3.05) is 19.6 Å². The number of nitrogens with one attached hydrogen (secondary N) is 4. The Morgan fingerprint density at radius 1 is 0.986 bits per heavy atom. The van der Waals surface area contributed by atoms with Crippen LogP contribution in [0.15, 0.2) is 66.3 Å². The molecule has 4 amide bonds. The number of unbranched alkanes of at least 4 members (excludes halogenated alkanes) is 1. The number of hydrogen-bond donors (Lipinski definition) is 5. The van der Waals surface area contributed by atoms with E-state index in [0.717, 1.165) is 66.2 Å². The summed E-state index contributed by atoms with van der Waals surface area (Å²) < 4.78 is 6.40. The smallest absolute Gasteiger partial charge is 0.253 e. The number of β-amino-alcohol motifs (C(OH)–C–C–N with tert-alkyl or cyclic N) is 1. The van der Waals surface area contributed by atoms with Crippen LogP contribution in [0.3, 0.4) is 0 Å². The molecule has 2 aromatic heterocycles. The van der Waals surface area contributed by atoms with Gasteiger partial charge in [0.1, 0.15) is 30.0 Å². The average molecular weight is 1030 g/mol. The number of nitriles is 1. The molecular weight excluding hydrogens is 962 g/mol. The van der Waals surface area contributed by atoms with E-state index in [9.17, 15) is 29.5 Å². The van der Waals surface area contributed by atoms with Gasteiger partial charge in [0, 0.05) is 73.0 Å². The van der Waals surface area contributed by atoms with Crippen LogP contribution in [0, 0.1) is 34.5 Å². The molecule has 5 heterocycles. The number of carbonyl (C=O) groups is 4. The summed E-state index contributed by atoms with van der Waals surface area (Å²) in [4.78, 5) is 71.1. The molecule has 1 aliphatic carbocycles. The van der Waals surface area contributed by atoms with Crippen molar-refractivity contribution >= 4 is 46.6 Å². The van der Waals surface area contributed by atoms with Crippen LogP contribution < -0.4 is 26.0 Å². The fourth-order valence-corrected chi connectivity index (χ4v) is 13.2. The van der Waals surface area contributed by atoms with Crippen LogP contribution in [0.1, 0.15) is 133 Å². The predicted octanol–water partition coefficient (Wildman–Crippen LogP) is 7.54. The highest BCUT2D eigenvalue weighted by Crippen LogP contribution is 2.55. The highest BCUT2D eigenvalue weighted by Gasteiger charge is 2.64. The number of aryl methyl sites for hydroxylation is 2. The van der Waals surface area contributed by atoms with Gasteiger partial charge in [0.15, 0.2) is 0 Å². The molecule has 2 aromatic carbocycles. The monoisotopic (exact) mass is 1030 g/mol. The van der Waals surface area contributed by atoms with Gasteiger partial charge in [-0.1, -0.05) is 90.8 Å². The molecule has 5 N–H and O–H groups in total. The summed E-state index contributed by atoms with van der Waals surface area (Å²) in [6.45, 7) is 19.5. The Kier molecular flexibility index (Phi) is 16.1. The van der Waals surface area contributed by atoms with Crippen LogP contribution in [-0.2, 0) is 20.8 Å². The van der Waals surface area contributed by atoms with Gasteiger partial charge in [-0.15, -0.1) is 11.3 Å². The van der Waals surface area contributed by atoms with Crippen molar-refractivity contribution in [2.24, 2.45) is 16.2 Å². The van der Waals surface area contributed by atoms with Crippen LogP contribution in [0.25, 0.3) is 10.4 Å². The maximum Gasteiger partial charge on any atom is 0.253 e. The molecule has 73 heavy (non-hydrogen) atoms. The quantitative estimate of drug-likeness (QED) is 0.0655. The molecule has 1 saturated carbocycles. The SMILES string of the molecule is Cc1ncsc1-c1ccc([C@H](C)NC(=O)[C@@H]2C[C@@H](O)CN2C(=O)[C@@H](NC(=O)C(CCCCc2ccc(C(=O)N[C@H]3C(C)(C)[C@H](Oc4ccc(C#N)c(Cl)c4)C3(C)C)cn2)N2C3CCC2CNC3)C(C)(C)C)cc1. The lowest BCUT2D eigenvalue weighted by Gasteiger charge is -2.63. The largest absolute Gasteiger partial charge is 0.489 e. The van der Waals surface area contributed by atoms with E-state index < -0.39 is 40.5 Å². The summed E-state index contributed by atoms with van der Waals surface area (Å²) in [5, 5.41) is 33.6. The number of ether oxygens (including phenoxy) is 1. The summed E-state index contributed by atoms with van der Waals surface area (Å²) in [6, 6.07) is 16.3. The van der Waals surface area contributed by atoms with E-state index in [4.69, 9.17) is 16.3 Å². The molecule has 390 valence electrons. The van der Waals surface area contributed by atoms with Crippen LogP contribution in [0.5, 0.6) is 5.75 Å². The zero-order valence-electron chi connectivity index (χ0n) is 43.6. The Morgan fingerprint density at radius 2 is 1.68 bits per heavy atom. The molecule has 3 unspecified atom stereocenters. The molecule has 0 radical (unpaired) electrons. The number of nitrogens with zero attached hydrogens (tertiary/aromatic N) is 5. The van der Waals surface area contributed by atoms with E-state index in [-0.39, 0.29) is 66.9 Å². The van der Waals surface area contributed by atoms with Crippen LogP contribution >= 0.6 is 22.9 Å². The summed E-state index contributed by atoms with van der Waals surface area (Å²) in [5.74, 6) is -0.590. The van der Waals surface area contributed by atoms with Crippen molar-refractivity contribution in [2.45, 2.75) is 162 Å². The van der Waals surface area contributed by atoms with Crippen molar-refractivity contribution in [1.82, 2.24) is 41.0 Å². The lowest BCUT2D eigenvalue weighted by Crippen LogP contribution is -2.74. The number of pyridine rings is 1. The standard InChI is InChI=1S/C56H72ClN9O6S/c1-32(34-14-16-35(17-15-34)46-33(2)61-31-73-46)62-50(70)45-24-41(67)30-65(45)51(71)47(54(3,4)5)63-49(69)44(66-39-21-22-40(66)29-59-28-39)13-11-10-12-38-20-18-37(27-60-38)48(68)64-52-55(6,7)53(56(52,8)9)72-42-23-19-36(26-58)43(57)25-42/h14-20,23,25,27,31-32,39-41,44-45,47,52-53,59,67H,10-13,21-22,24,28-30H2,1-9H3,(H,62,70)(H,63,69)(H,64,68)/t32-,39?,40?,41+,44?,45-,47+,52-,53-/m0/s1. The predicted molar refractivity (Wildman–Crippen MR) is 283 cm³/mol. The molecule has 8 rings (SSSR count). The van der Waals surface area contributed by atoms with Crippen LogP contribution in [0.2, 0.25) is 5.02 Å². The van der Waals surface area contributed by atoms with Crippen molar-refractivity contribution in [3.63, 3.8) is 0 Å². The van der Waals surface area contributed by atoms with E-state index in [1.165, 1.54) is 4.90 Å². The summed E-state index contributed by atoms with van der Waals surface area (Å²) in [5.41, 5.74) is 4.90. The number of carbonyl (C=O) groups excluding carboxylic acids is 4. The maximum absolute atomic E-state index is 14.8. The molecule has 7 atom stereocenters. The second-order valence-electron chi connectivity index (χ2n) is 22.9. The highest BCUT2D eigenvalue weighted by atomic mass is 35.5. The number of likely N-dealkylation sites (tertiary alicyclic amines) is 1. The minimum absolute atomic E-state index is 0.00713. The first kappa shape index (κ1) is 53.8. The van der Waals surface area contributed by atoms with E-state index >= 15 is 0 Å². The molecule has 4 aromatic rings. The third kappa shape index (κ3) is 11.5. The van der Waals surface area contributed by atoms with Crippen molar-refractivity contribution < 1.29 is 29.0 Å². The normalized spacial score (nSPS) is 24.4. The fourth-order valence-electron chi connectivity index (χ4n) is 12.2. The fraction of sp³-hybridized carbons (Fsp3) is 0.554. The first-order chi connectivity index (χ1) is 34.6. The molecule has 17 heteroatoms. The van der Waals surface area contributed by atoms with Crippen molar-refractivity contribution in [3.05, 3.63) is 99.4 Å². The lowest BCUT2D eigenvalue weighted by atomic mass is 9.49. The summed E-state index contributed by atoms with van der Waals surface area (Å²) in [6.07, 6.45) is 5.31. The zero-order chi connectivity index (χ0) is 52.6. The number of aromatic nitrogens is 2. The van der Waals surface area contributed by atoms with E-state index in [1.54, 1.807) is 41.8 Å². The van der Waals surface area contributed by atoms with Gasteiger partial charge < -0.3 is 36.0 Å². The molecule has 2 bridgehead atoms. The number of rotatable bonds is 17. The molecule has 4 aliphatic rings. The van der Waals surface area contributed by atoms with E-state index in [2.05, 4.69) is 69.9 Å². The topological polar surface area (TPSA) is 202 Å². The first-order valence-corrected chi connectivity index (χ1v) is 27.0. The number of aliphatic hydroxyl groups excluding tert-OH is 1. The molecule has 0 spiro atoms. The van der Waals surface area contributed by atoms with Gasteiger partial charge in [0.2, 0.25) is 17.7 Å². The van der Waals surface area contributed by atoms with Gasteiger partial charge in [-0.25, -0.2) is 4.98 Å². The second kappa shape index (κ2) is 21.8. The van der Waals surface area contributed by atoms with Gasteiger partial charge in [-0.3, -0.25) is 29.1 Å². The van der Waals surface area contributed by atoms with E-state index in [1.807, 2.05) is 70.5 Å². The van der Waals surface area contributed by atoms with E-state index in [0.29, 0.717) is 34.7 Å².